The Kier molecular flexibility index (Phi) is 147. The predicted octanol–water partition coefficient (Wildman–Crippen LogP) is 30.2. The van der Waals surface area contributed by atoms with Gasteiger partial charge in [-0.25, -0.2) is 9.97 Å². The van der Waals surface area contributed by atoms with Crippen molar-refractivity contribution in [2.75, 3.05) is 0 Å². The zero-order valence-corrected chi connectivity index (χ0v) is 63.5. The molecule has 2 heterocycles. The smallest absolute Gasteiger partial charge is 0.0890 e. The normalized spacial score (nSPS) is 7.53. The molecule has 3 nitrogen and oxygen atoms in total. The van der Waals surface area contributed by atoms with Crippen LogP contribution in [0.4, 0.5) is 0 Å². The fourth-order valence-electron chi connectivity index (χ4n) is 4.73. The number of hydrogen-bond acceptors (Lipinski definition) is 3. The molecule has 0 N–H and O–H groups in total. The highest BCUT2D eigenvalue weighted by atomic mass is 14.8. The summed E-state index contributed by atoms with van der Waals surface area (Å²) >= 11 is 0. The van der Waals surface area contributed by atoms with Crippen molar-refractivity contribution in [1.29, 1.82) is 0 Å². The van der Waals surface area contributed by atoms with Crippen molar-refractivity contribution < 1.29 is 0 Å². The Morgan fingerprint density at radius 1 is 0.209 bits per heavy atom. The summed E-state index contributed by atoms with van der Waals surface area (Å²) in [5.74, 6) is 0. The lowest BCUT2D eigenvalue weighted by Gasteiger charge is -2.05. The molecule has 0 saturated carbocycles. The summed E-state index contributed by atoms with van der Waals surface area (Å²) < 4.78 is 0. The molecule has 0 aliphatic rings. The second-order valence-electron chi connectivity index (χ2n) is 16.2. The van der Waals surface area contributed by atoms with Gasteiger partial charge in [-0.3, -0.25) is 4.98 Å². The van der Waals surface area contributed by atoms with Crippen molar-refractivity contribution in [3.05, 3.63) is 212 Å². The Hall–Kier alpha value is -5.93. The number of pyridine rings is 1. The number of fused-ring (bicyclic) bond motifs is 2. The Balaban J connectivity index is -0.0000000707. The van der Waals surface area contributed by atoms with Crippen LogP contribution in [0.5, 0.6) is 0 Å². The van der Waals surface area contributed by atoms with Gasteiger partial charge in [-0.05, 0) is 59.0 Å². The van der Waals surface area contributed by atoms with Crippen LogP contribution in [0, 0.1) is 0 Å². The van der Waals surface area contributed by atoms with Crippen LogP contribution in [0.25, 0.3) is 32.9 Å². The zero-order valence-electron chi connectivity index (χ0n) is 63.5. The summed E-state index contributed by atoms with van der Waals surface area (Å²) in [5.41, 5.74) is 6.82. The number of para-hydroxylation sites is 2. The van der Waals surface area contributed by atoms with Crippen molar-refractivity contribution in [1.82, 2.24) is 15.0 Å². The molecule has 2 aromatic heterocycles. The minimum atomic E-state index is 0.959. The highest BCUT2D eigenvalue weighted by molar-refractivity contribution is 5.82. The van der Waals surface area contributed by atoms with Crippen molar-refractivity contribution >= 4 is 21.8 Å². The molecule has 0 aliphatic heterocycles. The van der Waals surface area contributed by atoms with Crippen molar-refractivity contribution in [2.45, 2.75) is 286 Å². The van der Waals surface area contributed by atoms with E-state index in [0.717, 1.165) is 35.3 Å². The van der Waals surface area contributed by atoms with E-state index >= 15 is 0 Å². The first-order valence-electron chi connectivity index (χ1n) is 34.7. The lowest BCUT2D eigenvalue weighted by Crippen LogP contribution is -1.99. The third kappa shape index (κ3) is 91.8. The maximum absolute atomic E-state index is 4.60. The molecule has 0 bridgehead atoms. The van der Waals surface area contributed by atoms with Gasteiger partial charge in [0, 0.05) is 12.4 Å². The van der Waals surface area contributed by atoms with E-state index in [1.165, 1.54) is 73.3 Å². The van der Waals surface area contributed by atoms with Gasteiger partial charge in [-0.2, -0.15) is 0 Å². The summed E-state index contributed by atoms with van der Waals surface area (Å²) in [6, 6.07) is 63.2. The average Bonchev–Trinajstić information content (AvgIpc) is 3.72. The standard InChI is InChI=1S/C12H14N2.C12H10.C10H8.C6H6.C5H5N.8C3H8.7C2H6/c1-3-9-10(4-2)14-12-8-6-5-7-11(12)13-9;1-3-7-11(8-4-1)12-9-5-2-6-10-12;1-2-6-10-8-4-3-7-9(10)5-1;2*1-2-4-6-5-3-1;8*1-3-2;7*1-2/h5-8H,3-4H2,1-2H3;1-10H;1-8H;1-6H;1-5H;8*3H2,1-2H3;7*1-2H3. The molecule has 0 fully saturated rings. The molecule has 0 amide bonds. The van der Waals surface area contributed by atoms with Crippen molar-refractivity contribution in [2.24, 2.45) is 0 Å². The fourth-order valence-corrected chi connectivity index (χ4v) is 4.73. The van der Waals surface area contributed by atoms with Crippen LogP contribution in [-0.4, -0.2) is 15.0 Å². The molecule has 0 atom stereocenters. The molecule has 496 valence electrons. The molecule has 0 saturated heterocycles. The van der Waals surface area contributed by atoms with E-state index in [1.807, 2.05) is 188 Å². The molecule has 8 rings (SSSR count). The lowest BCUT2D eigenvalue weighted by atomic mass is 10.1. The second-order valence-corrected chi connectivity index (χ2v) is 16.2. The van der Waals surface area contributed by atoms with Crippen LogP contribution in [0.3, 0.4) is 0 Å². The summed E-state index contributed by atoms with van der Waals surface area (Å²) in [6.07, 6.45) is 15.4. The number of rotatable bonds is 3. The molecular formula is C83H149N3. The zero-order chi connectivity index (χ0) is 69.1. The monoisotopic (exact) mass is 1190 g/mol. The Morgan fingerprint density at radius 3 is 0.535 bits per heavy atom. The maximum Gasteiger partial charge on any atom is 0.0890 e. The number of benzene rings is 6. The van der Waals surface area contributed by atoms with Gasteiger partial charge in [0.15, 0.2) is 0 Å². The average molecular weight is 1190 g/mol. The SMILES string of the molecule is CC.CC.CC.CC.CC.CC.CC.CCC.CCC.CCC.CCC.CCC.CCC.CCC.CCC.CCc1nc2ccccc2nc1CC.c1ccc(-c2ccccc2)cc1.c1ccc2ccccc2c1.c1ccccc1.c1ccncc1. The van der Waals surface area contributed by atoms with Gasteiger partial charge in [0.25, 0.3) is 0 Å². The maximum atomic E-state index is 4.60. The molecule has 0 unspecified atom stereocenters. The Morgan fingerprint density at radius 2 is 0.372 bits per heavy atom. The van der Waals surface area contributed by atoms with Gasteiger partial charge in [0.1, 0.15) is 0 Å². The highest BCUT2D eigenvalue weighted by Gasteiger charge is 2.04. The van der Waals surface area contributed by atoms with Crippen molar-refractivity contribution in [3.63, 3.8) is 0 Å². The third-order valence-electron chi connectivity index (χ3n) is 7.17. The van der Waals surface area contributed by atoms with E-state index in [2.05, 4.69) is 237 Å². The van der Waals surface area contributed by atoms with E-state index in [0.29, 0.717) is 0 Å². The minimum Gasteiger partial charge on any atom is -0.265 e. The van der Waals surface area contributed by atoms with Crippen LogP contribution in [-0.2, 0) is 12.8 Å². The Bertz CT molecular complexity index is 1870. The van der Waals surface area contributed by atoms with Gasteiger partial charge in [0.05, 0.1) is 22.4 Å². The van der Waals surface area contributed by atoms with Crippen molar-refractivity contribution in [3.8, 4) is 11.1 Å². The molecule has 3 heteroatoms. The van der Waals surface area contributed by atoms with E-state index in [-0.39, 0.29) is 0 Å². The first-order valence-corrected chi connectivity index (χ1v) is 34.7. The van der Waals surface area contributed by atoms with E-state index in [9.17, 15) is 0 Å². The Labute approximate surface area is 542 Å². The molecule has 86 heavy (non-hydrogen) atoms. The van der Waals surface area contributed by atoms with E-state index < -0.39 is 0 Å². The van der Waals surface area contributed by atoms with Crippen LogP contribution >= 0.6 is 0 Å². The first-order chi connectivity index (χ1) is 42.1. The van der Waals surface area contributed by atoms with Crippen LogP contribution < -0.4 is 0 Å². The summed E-state index contributed by atoms with van der Waals surface area (Å²) in [4.78, 5) is 13.0. The molecule has 8 aromatic rings. The third-order valence-corrected chi connectivity index (χ3v) is 7.17. The largest absolute Gasteiger partial charge is 0.265 e. The fraction of sp³-hybridized carbons (Fsp3) is 0.506. The van der Waals surface area contributed by atoms with E-state index in [4.69, 9.17) is 0 Å². The first kappa shape index (κ1) is 108. The number of aryl methyl sites for hydroxylation is 2. The summed E-state index contributed by atoms with van der Waals surface area (Å²) in [7, 11) is 0. The van der Waals surface area contributed by atoms with Crippen LogP contribution in [0.2, 0.25) is 0 Å². The van der Waals surface area contributed by atoms with Gasteiger partial charge in [-0.15, -0.1) is 0 Å². The summed E-state index contributed by atoms with van der Waals surface area (Å²) in [6.45, 7) is 66.2. The molecule has 0 radical (unpaired) electrons. The van der Waals surface area contributed by atoms with Crippen LogP contribution in [0.1, 0.15) is 284 Å². The molecular weight excluding hydrogens is 1040 g/mol. The summed E-state index contributed by atoms with van der Waals surface area (Å²) in [5, 5.41) is 2.62. The van der Waals surface area contributed by atoms with Gasteiger partial charge >= 0.3 is 0 Å². The predicted molar refractivity (Wildman–Crippen MR) is 412 cm³/mol. The second kappa shape index (κ2) is 117. The van der Waals surface area contributed by atoms with Crippen LogP contribution in [0.15, 0.2) is 200 Å². The van der Waals surface area contributed by atoms with Gasteiger partial charge in [0.2, 0.25) is 0 Å². The van der Waals surface area contributed by atoms with E-state index in [1.54, 1.807) is 12.4 Å². The topological polar surface area (TPSA) is 38.7 Å². The quantitative estimate of drug-likeness (QED) is 0.177. The number of nitrogens with zero attached hydrogens (tertiary/aromatic N) is 3. The lowest BCUT2D eigenvalue weighted by molar-refractivity contribution is 0.930. The van der Waals surface area contributed by atoms with Gasteiger partial charge < -0.3 is 0 Å². The molecule has 6 aromatic carbocycles. The number of aromatic nitrogens is 3. The molecule has 0 spiro atoms. The highest BCUT2D eigenvalue weighted by Crippen LogP contribution is 2.17. The minimum absolute atomic E-state index is 0.959. The van der Waals surface area contributed by atoms with Gasteiger partial charge in [-0.1, -0.05) is 437 Å². The molecule has 0 aliphatic carbocycles. The number of hydrogen-bond donors (Lipinski definition) is 0.